The molecule has 0 spiro atoms. The Labute approximate surface area is 761 Å². The van der Waals surface area contributed by atoms with Gasteiger partial charge in [0, 0.05) is 109 Å². The molecule has 0 radical (unpaired) electrons. The number of aromatic nitrogens is 6. The molecule has 28 rings (SSSR count). The van der Waals surface area contributed by atoms with Gasteiger partial charge in [0.15, 0.2) is 23.1 Å². The molecule has 0 fully saturated rings. The lowest BCUT2D eigenvalue weighted by molar-refractivity contribution is 0.620. The predicted octanol–water partition coefficient (Wildman–Crippen LogP) is 32.2. The van der Waals surface area contributed by atoms with Gasteiger partial charge in [0.05, 0.1) is 22.4 Å². The molecular formula is C122H84N6O4. The molecule has 0 unspecified atom stereocenters. The minimum Gasteiger partial charge on any atom is -0.456 e. The van der Waals surface area contributed by atoms with Crippen molar-refractivity contribution >= 4 is 110 Å². The van der Waals surface area contributed by atoms with Crippen LogP contribution in [0.15, 0.2) is 382 Å². The molecule has 626 valence electrons. The Balaban J connectivity index is 0.000000104. The molecule has 4 aliphatic rings. The molecule has 0 atom stereocenters. The van der Waals surface area contributed by atoms with Gasteiger partial charge < -0.3 is 17.7 Å². The number of nitrogens with zero attached hydrogens (tertiary/aromatic N) is 6. The molecule has 4 aliphatic carbocycles. The van der Waals surface area contributed by atoms with Crippen LogP contribution in [0, 0.1) is 0 Å². The van der Waals surface area contributed by atoms with E-state index in [9.17, 15) is 0 Å². The minimum absolute atomic E-state index is 0.0621. The van der Waals surface area contributed by atoms with Crippen LogP contribution < -0.4 is 0 Å². The number of hydrogen-bond donors (Lipinski definition) is 0. The lowest BCUT2D eigenvalue weighted by Crippen LogP contribution is -2.15. The van der Waals surface area contributed by atoms with E-state index in [1.165, 1.54) is 89.0 Å². The van der Waals surface area contributed by atoms with Crippen molar-refractivity contribution in [1.29, 1.82) is 0 Å². The number of fused-ring (bicyclic) bond motifs is 27. The summed E-state index contributed by atoms with van der Waals surface area (Å²) in [5.41, 5.74) is 41.3. The van der Waals surface area contributed by atoms with Gasteiger partial charge >= 0.3 is 0 Å². The second-order valence-electron chi connectivity index (χ2n) is 37.8. The first-order valence-electron chi connectivity index (χ1n) is 45.4. The Morgan fingerprint density at radius 2 is 0.576 bits per heavy atom. The van der Waals surface area contributed by atoms with Crippen LogP contribution in [0.25, 0.3) is 233 Å². The molecule has 0 saturated carbocycles. The lowest BCUT2D eigenvalue weighted by Gasteiger charge is -2.22. The number of benzene rings is 17. The quantitative estimate of drug-likeness (QED) is 0.152. The number of hydrogen-bond acceptors (Lipinski definition) is 10. The molecule has 0 amide bonds. The van der Waals surface area contributed by atoms with Gasteiger partial charge in [0.25, 0.3) is 0 Å². The zero-order valence-corrected chi connectivity index (χ0v) is 74.0. The summed E-state index contributed by atoms with van der Waals surface area (Å²) in [4.78, 5) is 30.5. The maximum absolute atomic E-state index is 6.72. The molecule has 0 aliphatic heterocycles. The summed E-state index contributed by atoms with van der Waals surface area (Å²) >= 11 is 0. The Morgan fingerprint density at radius 1 is 0.189 bits per heavy atom. The normalized spacial score (nSPS) is 14.2. The molecule has 24 aromatic rings. The molecule has 0 N–H and O–H groups in total. The van der Waals surface area contributed by atoms with E-state index in [0.29, 0.717) is 23.1 Å². The summed E-state index contributed by atoms with van der Waals surface area (Å²) < 4.78 is 25.9. The standard InChI is InChI=1S/C44H32N2O.C43H28N2O2.C35H24N2O/c1-43(2)34-14-8-5-11-27(34)29-19-17-25(22-36(29)43)41-30-13-7-10-16-38(30)45-42(46-41)26-18-20-39-32(21-26)33-23-37-31(24-40(33)47-39)28-12-6-9-15-35(28)44(37,3)4;1-43(2)33-16-8-6-13-29(33)30-23-24-32-36-28(15-10-18-35(36)47-40(32)37(30)43)25-19-21-26(22-20-25)38-41-39(31-14-7-9-17-34(31)46-41)45-42(44-38)27-11-4-3-5-12-27;1-35(2)28-14-8-6-12-23(28)25-20-32-27(19-29(25)35)26-18-22(16-17-31(26)38-32)34-36-30-15-9-7-13-24(30)33(37-34)21-10-4-3-5-11-21/h5-24H,1-4H3;3-24H,1-2H3;3-20H,1-2H3. The van der Waals surface area contributed by atoms with Crippen molar-refractivity contribution in [3.05, 3.63) is 408 Å². The highest BCUT2D eigenvalue weighted by Crippen LogP contribution is 2.57. The van der Waals surface area contributed by atoms with Gasteiger partial charge in [-0.05, 0) is 198 Å². The fourth-order valence-electron chi connectivity index (χ4n) is 22.2. The number of furan rings is 4. The summed E-state index contributed by atoms with van der Waals surface area (Å²) in [6.07, 6.45) is 0. The van der Waals surface area contributed by atoms with Gasteiger partial charge in [-0.25, -0.2) is 29.9 Å². The van der Waals surface area contributed by atoms with Gasteiger partial charge in [-0.3, -0.25) is 0 Å². The molecule has 132 heavy (non-hydrogen) atoms. The molecule has 7 heterocycles. The van der Waals surface area contributed by atoms with Crippen LogP contribution in [0.3, 0.4) is 0 Å². The van der Waals surface area contributed by atoms with E-state index in [1.807, 2.05) is 78.9 Å². The summed E-state index contributed by atoms with van der Waals surface area (Å²) in [7, 11) is 0. The van der Waals surface area contributed by atoms with E-state index >= 15 is 0 Å². The second-order valence-corrected chi connectivity index (χ2v) is 37.8. The summed E-state index contributed by atoms with van der Waals surface area (Å²) in [5, 5.41) is 9.80. The average molecular weight is 1700 g/mol. The van der Waals surface area contributed by atoms with Crippen molar-refractivity contribution in [1.82, 2.24) is 29.9 Å². The highest BCUT2D eigenvalue weighted by atomic mass is 16.3. The highest BCUT2D eigenvalue weighted by molar-refractivity contribution is 6.16. The maximum atomic E-state index is 6.72. The first-order chi connectivity index (χ1) is 64.4. The molecule has 17 aromatic carbocycles. The van der Waals surface area contributed by atoms with Crippen molar-refractivity contribution in [3.63, 3.8) is 0 Å². The molecular weight excluding hydrogens is 1610 g/mol. The van der Waals surface area contributed by atoms with Crippen LogP contribution in [0.4, 0.5) is 0 Å². The minimum atomic E-state index is -0.154. The van der Waals surface area contributed by atoms with Gasteiger partial charge in [-0.15, -0.1) is 0 Å². The van der Waals surface area contributed by atoms with Crippen molar-refractivity contribution in [2.24, 2.45) is 0 Å². The topological polar surface area (TPSA) is 130 Å². The van der Waals surface area contributed by atoms with Gasteiger partial charge in [-0.1, -0.05) is 316 Å². The van der Waals surface area contributed by atoms with E-state index in [-0.39, 0.29) is 21.7 Å². The monoisotopic (exact) mass is 1700 g/mol. The first kappa shape index (κ1) is 76.9. The van der Waals surface area contributed by atoms with Crippen LogP contribution in [0.2, 0.25) is 0 Å². The Kier molecular flexibility index (Phi) is 16.7. The van der Waals surface area contributed by atoms with E-state index < -0.39 is 0 Å². The van der Waals surface area contributed by atoms with Gasteiger partial charge in [0.1, 0.15) is 50.3 Å². The third-order valence-electron chi connectivity index (χ3n) is 28.9. The van der Waals surface area contributed by atoms with Crippen LogP contribution in [-0.4, -0.2) is 29.9 Å². The Bertz CT molecular complexity index is 9040. The summed E-state index contributed by atoms with van der Waals surface area (Å²) in [6.45, 7) is 18.5. The van der Waals surface area contributed by atoms with Crippen molar-refractivity contribution in [2.45, 2.75) is 77.0 Å². The summed E-state index contributed by atoms with van der Waals surface area (Å²) in [6, 6.07) is 128. The average Bonchev–Trinajstić information content (AvgIpc) is 1.56. The predicted molar refractivity (Wildman–Crippen MR) is 539 cm³/mol. The zero-order chi connectivity index (χ0) is 88.4. The van der Waals surface area contributed by atoms with Gasteiger partial charge in [0.2, 0.25) is 0 Å². The van der Waals surface area contributed by atoms with Crippen LogP contribution in [0.5, 0.6) is 0 Å². The van der Waals surface area contributed by atoms with Crippen LogP contribution in [-0.2, 0) is 21.7 Å². The molecule has 0 bridgehead atoms. The fourth-order valence-corrected chi connectivity index (χ4v) is 22.2. The Morgan fingerprint density at radius 3 is 1.15 bits per heavy atom. The van der Waals surface area contributed by atoms with Crippen molar-refractivity contribution in [3.8, 4) is 124 Å². The number of rotatable bonds is 7. The van der Waals surface area contributed by atoms with Crippen molar-refractivity contribution < 1.29 is 17.7 Å². The third-order valence-corrected chi connectivity index (χ3v) is 28.9. The van der Waals surface area contributed by atoms with Gasteiger partial charge in [-0.2, -0.15) is 0 Å². The first-order valence-corrected chi connectivity index (χ1v) is 45.4. The fraction of sp³-hybridized carbons (Fsp3) is 0.0984. The molecule has 10 heteroatoms. The van der Waals surface area contributed by atoms with E-state index in [0.717, 1.165) is 166 Å². The maximum Gasteiger partial charge on any atom is 0.180 e. The Hall–Kier alpha value is -16.3. The highest BCUT2D eigenvalue weighted by Gasteiger charge is 2.42. The van der Waals surface area contributed by atoms with E-state index in [2.05, 4.69) is 341 Å². The second kappa shape index (κ2) is 28.6. The molecule has 10 nitrogen and oxygen atoms in total. The van der Waals surface area contributed by atoms with E-state index in [1.54, 1.807) is 0 Å². The third kappa shape index (κ3) is 11.6. The number of para-hydroxylation sites is 3. The molecule has 0 saturated heterocycles. The van der Waals surface area contributed by atoms with E-state index in [4.69, 9.17) is 47.6 Å². The van der Waals surface area contributed by atoms with Crippen LogP contribution >= 0.6 is 0 Å². The SMILES string of the molecule is CC1(C)c2ccccc2-c2cc3oc4ccc(-c5nc(-c6ccccc6)c6ccccc6n5)cc4c3cc21.CC1(C)c2ccccc2-c2ccc(-c3nc(-c4ccc5oc6cc7c(cc6c5c4)C(C)(C)c4ccccc4-7)nc4ccccc34)cc21.CC1(C)c2ccccc2-c2ccc3c(oc4cccc(-c5ccc(-c6nc(-c7ccccc7)nc7c6oc6ccccc67)cc5)c43)c21. The summed E-state index contributed by atoms with van der Waals surface area (Å²) in [5.74, 6) is 2.11. The largest absolute Gasteiger partial charge is 0.456 e. The smallest absolute Gasteiger partial charge is 0.180 e. The zero-order valence-electron chi connectivity index (χ0n) is 74.0. The van der Waals surface area contributed by atoms with Crippen molar-refractivity contribution in [2.75, 3.05) is 0 Å². The lowest BCUT2D eigenvalue weighted by atomic mass is 9.81. The molecule has 7 aromatic heterocycles. The van der Waals surface area contributed by atoms with Crippen LogP contribution in [0.1, 0.15) is 99.9 Å².